The summed E-state index contributed by atoms with van der Waals surface area (Å²) in [7, 11) is 0. The monoisotopic (exact) mass is 620 g/mol. The SMILES string of the molecule is Cc1cc(Cc2cc(Cc3cc(C)c(O)c(C(C)(C)C)c3)c(C)c(Cc3cc(C)c(O)c(C(C)(C)C)c3)c2)cc(C(C)(C)C)c1O. The Morgan fingerprint density at radius 1 is 0.391 bits per heavy atom. The van der Waals surface area contributed by atoms with Crippen molar-refractivity contribution in [2.24, 2.45) is 0 Å². The van der Waals surface area contributed by atoms with Gasteiger partial charge in [-0.15, -0.1) is 0 Å². The fraction of sp³-hybridized carbons (Fsp3) is 0.442. The molecule has 0 saturated carbocycles. The highest BCUT2D eigenvalue weighted by atomic mass is 16.3. The molecule has 0 bridgehead atoms. The van der Waals surface area contributed by atoms with Crippen LogP contribution in [0.15, 0.2) is 48.5 Å². The van der Waals surface area contributed by atoms with E-state index in [0.717, 1.165) is 52.6 Å². The Bertz CT molecular complexity index is 1680. The van der Waals surface area contributed by atoms with Crippen LogP contribution in [0.1, 0.15) is 135 Å². The summed E-state index contributed by atoms with van der Waals surface area (Å²) >= 11 is 0. The van der Waals surface area contributed by atoms with Gasteiger partial charge in [0.1, 0.15) is 17.2 Å². The highest BCUT2D eigenvalue weighted by molar-refractivity contribution is 5.53. The maximum Gasteiger partial charge on any atom is 0.122 e. The van der Waals surface area contributed by atoms with E-state index in [2.05, 4.69) is 118 Å². The van der Waals surface area contributed by atoms with Crippen molar-refractivity contribution in [3.05, 3.63) is 121 Å². The Balaban J connectivity index is 1.87. The first-order valence-electron chi connectivity index (χ1n) is 16.7. The largest absolute Gasteiger partial charge is 0.507 e. The lowest BCUT2D eigenvalue weighted by Crippen LogP contribution is -2.13. The number of hydrogen-bond acceptors (Lipinski definition) is 3. The zero-order valence-corrected chi connectivity index (χ0v) is 30.6. The third-order valence-electron chi connectivity index (χ3n) is 9.38. The number of benzene rings is 4. The van der Waals surface area contributed by atoms with Gasteiger partial charge in [-0.3, -0.25) is 0 Å². The van der Waals surface area contributed by atoms with E-state index in [1.165, 1.54) is 38.9 Å². The van der Waals surface area contributed by atoms with Crippen molar-refractivity contribution >= 4 is 0 Å². The minimum Gasteiger partial charge on any atom is -0.507 e. The van der Waals surface area contributed by atoms with Gasteiger partial charge in [0, 0.05) is 0 Å². The molecule has 0 heterocycles. The second-order valence-electron chi connectivity index (χ2n) is 16.7. The first kappa shape index (κ1) is 35.1. The lowest BCUT2D eigenvalue weighted by molar-refractivity contribution is 0.442. The predicted molar refractivity (Wildman–Crippen MR) is 194 cm³/mol. The van der Waals surface area contributed by atoms with Crippen LogP contribution in [0.25, 0.3) is 0 Å². The fourth-order valence-corrected chi connectivity index (χ4v) is 6.64. The van der Waals surface area contributed by atoms with E-state index in [1.807, 2.05) is 20.8 Å². The summed E-state index contributed by atoms with van der Waals surface area (Å²) in [5.74, 6) is 1.16. The third-order valence-corrected chi connectivity index (χ3v) is 9.38. The molecule has 0 amide bonds. The average molecular weight is 621 g/mol. The van der Waals surface area contributed by atoms with E-state index in [1.54, 1.807) is 0 Å². The van der Waals surface area contributed by atoms with Gasteiger partial charge in [-0.2, -0.15) is 0 Å². The second-order valence-corrected chi connectivity index (χ2v) is 16.7. The maximum atomic E-state index is 10.9. The van der Waals surface area contributed by atoms with E-state index < -0.39 is 0 Å². The molecule has 0 aliphatic rings. The number of hydrogen-bond donors (Lipinski definition) is 3. The standard InChI is InChI=1S/C43H56O3/c1-25-14-29(22-35(38(25)44)41(5,6)7)17-32-20-33(18-30-15-26(2)39(45)36(23-30)42(8,9)10)28(4)34(21-32)19-31-16-27(3)40(46)37(24-31)43(11,12)13/h14-16,20-24,44-46H,17-19H2,1-13H3. The molecule has 0 spiro atoms. The Morgan fingerprint density at radius 2 is 0.652 bits per heavy atom. The summed E-state index contributed by atoms with van der Waals surface area (Å²) in [5, 5.41) is 32.7. The maximum absolute atomic E-state index is 10.9. The van der Waals surface area contributed by atoms with Crippen LogP contribution in [0.4, 0.5) is 0 Å². The van der Waals surface area contributed by atoms with Gasteiger partial charge in [0.25, 0.3) is 0 Å². The van der Waals surface area contributed by atoms with Gasteiger partial charge in [-0.1, -0.05) is 111 Å². The van der Waals surface area contributed by atoms with Crippen molar-refractivity contribution in [3.8, 4) is 17.2 Å². The summed E-state index contributed by atoms with van der Waals surface area (Å²) in [5.41, 5.74) is 13.7. The van der Waals surface area contributed by atoms with Crippen LogP contribution < -0.4 is 0 Å². The molecule has 3 N–H and O–H groups in total. The Kier molecular flexibility index (Phi) is 9.53. The smallest absolute Gasteiger partial charge is 0.122 e. The Labute approximate surface area is 278 Å². The highest BCUT2D eigenvalue weighted by Crippen LogP contribution is 2.38. The van der Waals surface area contributed by atoms with Crippen molar-refractivity contribution in [3.63, 3.8) is 0 Å². The van der Waals surface area contributed by atoms with E-state index >= 15 is 0 Å². The molecule has 0 unspecified atom stereocenters. The molecule has 0 aliphatic heterocycles. The molecule has 3 nitrogen and oxygen atoms in total. The van der Waals surface area contributed by atoms with E-state index in [-0.39, 0.29) is 16.2 Å². The van der Waals surface area contributed by atoms with Crippen LogP contribution in [0.3, 0.4) is 0 Å². The third kappa shape index (κ3) is 7.63. The molecule has 0 radical (unpaired) electrons. The summed E-state index contributed by atoms with van der Waals surface area (Å²) in [6.45, 7) is 27.5. The molecule has 4 rings (SSSR count). The van der Waals surface area contributed by atoms with Gasteiger partial charge in [0.05, 0.1) is 0 Å². The quantitative estimate of drug-likeness (QED) is 0.201. The number of phenols is 3. The number of aryl methyl sites for hydroxylation is 3. The second kappa shape index (κ2) is 12.5. The van der Waals surface area contributed by atoms with Crippen molar-refractivity contribution in [1.29, 1.82) is 0 Å². The molecule has 3 heteroatoms. The summed E-state index contributed by atoms with van der Waals surface area (Å²) in [6, 6.07) is 17.6. The van der Waals surface area contributed by atoms with Crippen LogP contribution in [0.2, 0.25) is 0 Å². The van der Waals surface area contributed by atoms with Crippen LogP contribution in [0, 0.1) is 27.7 Å². The van der Waals surface area contributed by atoms with Crippen molar-refractivity contribution in [2.75, 3.05) is 0 Å². The van der Waals surface area contributed by atoms with Gasteiger partial charge < -0.3 is 15.3 Å². The van der Waals surface area contributed by atoms with Crippen molar-refractivity contribution in [2.45, 2.75) is 126 Å². The number of aromatic hydroxyl groups is 3. The van der Waals surface area contributed by atoms with Gasteiger partial charge >= 0.3 is 0 Å². The zero-order valence-electron chi connectivity index (χ0n) is 30.6. The van der Waals surface area contributed by atoms with E-state index in [0.29, 0.717) is 17.2 Å². The first-order valence-corrected chi connectivity index (χ1v) is 16.7. The Morgan fingerprint density at radius 3 is 0.935 bits per heavy atom. The topological polar surface area (TPSA) is 60.7 Å². The number of phenolic OH excluding ortho intramolecular Hbond substituents is 3. The van der Waals surface area contributed by atoms with Gasteiger partial charge in [-0.25, -0.2) is 0 Å². The molecule has 46 heavy (non-hydrogen) atoms. The minimum absolute atomic E-state index is 0.169. The molecular formula is C43H56O3. The van der Waals surface area contributed by atoms with Gasteiger partial charge in [0.2, 0.25) is 0 Å². The van der Waals surface area contributed by atoms with E-state index in [9.17, 15) is 15.3 Å². The van der Waals surface area contributed by atoms with Crippen LogP contribution in [-0.4, -0.2) is 15.3 Å². The molecule has 4 aromatic carbocycles. The summed E-state index contributed by atoms with van der Waals surface area (Å²) in [6.07, 6.45) is 2.29. The van der Waals surface area contributed by atoms with E-state index in [4.69, 9.17) is 0 Å². The Hall–Kier alpha value is -3.72. The lowest BCUT2D eigenvalue weighted by atomic mass is 9.81. The average Bonchev–Trinajstić information content (AvgIpc) is 2.90. The molecule has 0 aromatic heterocycles. The molecule has 0 aliphatic carbocycles. The summed E-state index contributed by atoms with van der Waals surface area (Å²) in [4.78, 5) is 0. The summed E-state index contributed by atoms with van der Waals surface area (Å²) < 4.78 is 0. The van der Waals surface area contributed by atoms with Crippen molar-refractivity contribution in [1.82, 2.24) is 0 Å². The zero-order chi connectivity index (χ0) is 34.5. The number of rotatable bonds is 6. The van der Waals surface area contributed by atoms with Crippen molar-refractivity contribution < 1.29 is 15.3 Å². The molecule has 4 aromatic rings. The van der Waals surface area contributed by atoms with Gasteiger partial charge in [0.15, 0.2) is 0 Å². The highest BCUT2D eigenvalue weighted by Gasteiger charge is 2.24. The molecule has 0 atom stereocenters. The molecule has 0 saturated heterocycles. The van der Waals surface area contributed by atoms with Crippen LogP contribution in [0.5, 0.6) is 17.2 Å². The lowest BCUT2D eigenvalue weighted by Gasteiger charge is -2.24. The fourth-order valence-electron chi connectivity index (χ4n) is 6.64. The minimum atomic E-state index is -0.171. The van der Waals surface area contributed by atoms with Crippen LogP contribution in [-0.2, 0) is 35.5 Å². The predicted octanol–water partition coefficient (Wildman–Crippen LogP) is 10.7. The molecular weight excluding hydrogens is 564 g/mol. The normalized spacial score (nSPS) is 12.5. The first-order chi connectivity index (χ1) is 21.1. The molecule has 246 valence electrons. The van der Waals surface area contributed by atoms with Crippen LogP contribution >= 0.6 is 0 Å². The van der Waals surface area contributed by atoms with Gasteiger partial charge in [-0.05, 0) is 136 Å². The molecule has 0 fully saturated rings.